The monoisotopic (exact) mass is 363 g/mol. The molecule has 0 fully saturated rings. The van der Waals surface area contributed by atoms with Crippen LogP contribution < -0.4 is 0 Å². The minimum atomic E-state index is -0.344. The van der Waals surface area contributed by atoms with E-state index in [1.54, 1.807) is 18.1 Å². The van der Waals surface area contributed by atoms with Crippen molar-refractivity contribution in [2.24, 2.45) is 0 Å². The van der Waals surface area contributed by atoms with Gasteiger partial charge in [0.25, 0.3) is 5.91 Å². The first-order chi connectivity index (χ1) is 8.60. The average molecular weight is 363 g/mol. The van der Waals surface area contributed by atoms with Crippen LogP contribution in [0.25, 0.3) is 0 Å². The number of carbonyl (C=O) groups is 1. The van der Waals surface area contributed by atoms with Crippen LogP contribution in [0.15, 0.2) is 30.9 Å². The van der Waals surface area contributed by atoms with E-state index >= 15 is 0 Å². The molecule has 0 radical (unpaired) electrons. The SMILES string of the molecule is C=CCN(CCOC)C(=O)c1ccc(F)cc1I. The first kappa shape index (κ1) is 15.1. The molecule has 0 saturated heterocycles. The van der Waals surface area contributed by atoms with Gasteiger partial charge in [-0.05, 0) is 40.8 Å². The highest BCUT2D eigenvalue weighted by Crippen LogP contribution is 2.16. The first-order valence-electron chi connectivity index (χ1n) is 5.44. The number of benzene rings is 1. The van der Waals surface area contributed by atoms with E-state index in [9.17, 15) is 9.18 Å². The summed E-state index contributed by atoms with van der Waals surface area (Å²) in [6, 6.07) is 4.14. The molecular formula is C13H15FINO2. The third-order valence-electron chi connectivity index (χ3n) is 2.36. The Hall–Kier alpha value is -0.950. The average Bonchev–Trinajstić information content (AvgIpc) is 2.33. The lowest BCUT2D eigenvalue weighted by Crippen LogP contribution is -2.34. The van der Waals surface area contributed by atoms with Gasteiger partial charge in [0.2, 0.25) is 0 Å². The van der Waals surface area contributed by atoms with E-state index in [4.69, 9.17) is 4.74 Å². The molecule has 0 saturated carbocycles. The number of nitrogens with zero attached hydrogens (tertiary/aromatic N) is 1. The first-order valence-corrected chi connectivity index (χ1v) is 6.52. The van der Waals surface area contributed by atoms with Crippen LogP contribution in [-0.2, 0) is 4.74 Å². The molecule has 0 atom stereocenters. The molecule has 5 heteroatoms. The van der Waals surface area contributed by atoms with Crippen molar-refractivity contribution < 1.29 is 13.9 Å². The Morgan fingerprint density at radius 2 is 2.33 bits per heavy atom. The molecule has 3 nitrogen and oxygen atoms in total. The fraction of sp³-hybridized carbons (Fsp3) is 0.308. The fourth-order valence-corrected chi connectivity index (χ4v) is 2.17. The van der Waals surface area contributed by atoms with E-state index in [1.807, 2.05) is 22.6 Å². The van der Waals surface area contributed by atoms with Crippen molar-refractivity contribution in [3.8, 4) is 0 Å². The van der Waals surface area contributed by atoms with Gasteiger partial charge in [0.15, 0.2) is 0 Å². The molecule has 0 unspecified atom stereocenters. The second kappa shape index (κ2) is 7.48. The number of halogens is 2. The van der Waals surface area contributed by atoms with Crippen LogP contribution in [0.1, 0.15) is 10.4 Å². The number of rotatable bonds is 6. The van der Waals surface area contributed by atoms with Crippen LogP contribution in [0, 0.1) is 9.39 Å². The van der Waals surface area contributed by atoms with Crippen molar-refractivity contribution in [1.29, 1.82) is 0 Å². The predicted molar refractivity (Wildman–Crippen MR) is 77.1 cm³/mol. The van der Waals surface area contributed by atoms with Crippen LogP contribution in [0.3, 0.4) is 0 Å². The number of hydrogen-bond acceptors (Lipinski definition) is 2. The maximum Gasteiger partial charge on any atom is 0.255 e. The van der Waals surface area contributed by atoms with Crippen molar-refractivity contribution in [3.63, 3.8) is 0 Å². The standard InChI is InChI=1S/C13H15FINO2/c1-3-6-16(7-8-18-2)13(17)11-5-4-10(14)9-12(11)15/h3-5,9H,1,6-8H2,2H3. The molecule has 0 N–H and O–H groups in total. The molecule has 0 aliphatic rings. The molecule has 0 bridgehead atoms. The predicted octanol–water partition coefficient (Wildman–Crippen LogP) is 2.70. The maximum atomic E-state index is 13.0. The molecular weight excluding hydrogens is 348 g/mol. The molecule has 1 rings (SSSR count). The minimum Gasteiger partial charge on any atom is -0.383 e. The Balaban J connectivity index is 2.90. The van der Waals surface area contributed by atoms with Crippen LogP contribution in [0.4, 0.5) is 4.39 Å². The molecule has 0 aliphatic carbocycles. The maximum absolute atomic E-state index is 13.0. The van der Waals surface area contributed by atoms with Crippen molar-refractivity contribution in [1.82, 2.24) is 4.90 Å². The van der Waals surface area contributed by atoms with E-state index in [0.717, 1.165) is 0 Å². The lowest BCUT2D eigenvalue weighted by Gasteiger charge is -2.21. The molecule has 0 spiro atoms. The van der Waals surface area contributed by atoms with E-state index in [-0.39, 0.29) is 11.7 Å². The molecule has 18 heavy (non-hydrogen) atoms. The van der Waals surface area contributed by atoms with Crippen molar-refractivity contribution in [3.05, 3.63) is 45.8 Å². The topological polar surface area (TPSA) is 29.5 Å². The molecule has 1 aromatic rings. The molecule has 1 aromatic carbocycles. The highest BCUT2D eigenvalue weighted by molar-refractivity contribution is 14.1. The second-order valence-electron chi connectivity index (χ2n) is 3.66. The highest BCUT2D eigenvalue weighted by atomic mass is 127. The summed E-state index contributed by atoms with van der Waals surface area (Å²) in [5.74, 6) is -0.487. The molecule has 98 valence electrons. The number of amides is 1. The van der Waals surface area contributed by atoms with Crippen molar-refractivity contribution in [2.75, 3.05) is 26.8 Å². The van der Waals surface area contributed by atoms with E-state index in [0.29, 0.717) is 28.8 Å². The van der Waals surface area contributed by atoms with Gasteiger partial charge in [-0.2, -0.15) is 0 Å². The Labute approximate surface area is 120 Å². The van der Waals surface area contributed by atoms with Crippen molar-refractivity contribution in [2.45, 2.75) is 0 Å². The van der Waals surface area contributed by atoms with E-state index < -0.39 is 0 Å². The lowest BCUT2D eigenvalue weighted by atomic mass is 10.2. The van der Waals surface area contributed by atoms with Gasteiger partial charge in [0.05, 0.1) is 12.2 Å². The number of hydrogen-bond donors (Lipinski definition) is 0. The Morgan fingerprint density at radius 3 is 2.89 bits per heavy atom. The smallest absolute Gasteiger partial charge is 0.255 e. The van der Waals surface area contributed by atoms with Crippen LogP contribution in [0.5, 0.6) is 0 Å². The molecule has 0 aliphatic heterocycles. The van der Waals surface area contributed by atoms with Gasteiger partial charge in [0.1, 0.15) is 5.82 Å². The Bertz CT molecular complexity index is 437. The summed E-state index contributed by atoms with van der Waals surface area (Å²) < 4.78 is 18.6. The minimum absolute atomic E-state index is 0.142. The zero-order chi connectivity index (χ0) is 13.5. The quantitative estimate of drug-likeness (QED) is 0.575. The number of ether oxygens (including phenoxy) is 1. The van der Waals surface area contributed by atoms with E-state index in [2.05, 4.69) is 6.58 Å². The largest absolute Gasteiger partial charge is 0.383 e. The second-order valence-corrected chi connectivity index (χ2v) is 4.82. The summed E-state index contributed by atoms with van der Waals surface area (Å²) in [6.07, 6.45) is 1.66. The third-order valence-corrected chi connectivity index (χ3v) is 3.26. The van der Waals surface area contributed by atoms with Gasteiger partial charge >= 0.3 is 0 Å². The molecule has 0 heterocycles. The Kier molecular flexibility index (Phi) is 6.28. The Morgan fingerprint density at radius 1 is 1.61 bits per heavy atom. The number of methoxy groups -OCH3 is 1. The van der Waals surface area contributed by atoms with Crippen molar-refractivity contribution >= 4 is 28.5 Å². The summed E-state index contributed by atoms with van der Waals surface area (Å²) in [7, 11) is 1.58. The van der Waals surface area contributed by atoms with Gasteiger partial charge in [-0.1, -0.05) is 6.08 Å². The van der Waals surface area contributed by atoms with Gasteiger partial charge in [-0.3, -0.25) is 4.79 Å². The van der Waals surface area contributed by atoms with Gasteiger partial charge < -0.3 is 9.64 Å². The van der Waals surface area contributed by atoms with Gasteiger partial charge in [-0.25, -0.2) is 4.39 Å². The van der Waals surface area contributed by atoms with Gasteiger partial charge in [-0.15, -0.1) is 6.58 Å². The summed E-state index contributed by atoms with van der Waals surface area (Å²) in [6.45, 7) is 5.00. The fourth-order valence-electron chi connectivity index (χ4n) is 1.47. The summed E-state index contributed by atoms with van der Waals surface area (Å²) in [5.41, 5.74) is 0.495. The highest BCUT2D eigenvalue weighted by Gasteiger charge is 2.17. The number of carbonyl (C=O) groups excluding carboxylic acids is 1. The molecule has 0 aromatic heterocycles. The van der Waals surface area contributed by atoms with Crippen LogP contribution >= 0.6 is 22.6 Å². The zero-order valence-corrected chi connectivity index (χ0v) is 12.3. The van der Waals surface area contributed by atoms with Crippen LogP contribution in [0.2, 0.25) is 0 Å². The van der Waals surface area contributed by atoms with Crippen LogP contribution in [-0.4, -0.2) is 37.6 Å². The summed E-state index contributed by atoms with van der Waals surface area (Å²) in [5, 5.41) is 0. The molecule has 1 amide bonds. The summed E-state index contributed by atoms with van der Waals surface area (Å²) >= 11 is 1.96. The van der Waals surface area contributed by atoms with E-state index in [1.165, 1.54) is 18.2 Å². The third kappa shape index (κ3) is 4.06. The normalized spacial score (nSPS) is 10.2. The zero-order valence-electron chi connectivity index (χ0n) is 10.2. The lowest BCUT2D eigenvalue weighted by molar-refractivity contribution is 0.0717. The summed E-state index contributed by atoms with van der Waals surface area (Å²) in [4.78, 5) is 13.9. The van der Waals surface area contributed by atoms with Gasteiger partial charge in [0, 0.05) is 23.8 Å².